The number of pyridine rings is 1. The fraction of sp³-hybridized carbons (Fsp3) is 0.0455. The van der Waals surface area contributed by atoms with Gasteiger partial charge in [0, 0.05) is 29.9 Å². The molecule has 0 saturated carbocycles. The predicted octanol–water partition coefficient (Wildman–Crippen LogP) is 6.53. The van der Waals surface area contributed by atoms with Crippen molar-refractivity contribution in [1.29, 1.82) is 0 Å². The maximum atomic E-state index is 14.7. The first-order valence-corrected chi connectivity index (χ1v) is 9.63. The van der Waals surface area contributed by atoms with E-state index >= 15 is 0 Å². The number of hydrogen-bond donors (Lipinski definition) is 0. The molecule has 8 heteroatoms. The minimum atomic E-state index is -0.565. The summed E-state index contributed by atoms with van der Waals surface area (Å²) in [5.74, 6) is -0.798. The third-order valence-corrected chi connectivity index (χ3v) is 5.00. The Morgan fingerprint density at radius 2 is 1.80 bits per heavy atom. The lowest BCUT2D eigenvalue weighted by molar-refractivity contribution is -0.116. The molecule has 0 N–H and O–H groups in total. The maximum absolute atomic E-state index is 14.7. The van der Waals surface area contributed by atoms with Gasteiger partial charge in [0.15, 0.2) is 0 Å². The lowest BCUT2D eigenvalue weighted by Gasteiger charge is -2.20. The molecule has 0 bridgehead atoms. The van der Waals surface area contributed by atoms with Gasteiger partial charge in [0.05, 0.1) is 16.3 Å². The first-order chi connectivity index (χ1) is 14.5. The van der Waals surface area contributed by atoms with Crippen LogP contribution in [0.15, 0.2) is 71.5 Å². The fourth-order valence-electron chi connectivity index (χ4n) is 3.13. The molecule has 150 valence electrons. The molecule has 0 aliphatic heterocycles. The Kier molecular flexibility index (Phi) is 5.53. The normalized spacial score (nSPS) is 10.8. The highest BCUT2D eigenvalue weighted by molar-refractivity contribution is 6.34. The van der Waals surface area contributed by atoms with Crippen molar-refractivity contribution in [3.05, 3.63) is 82.9 Å². The Labute approximate surface area is 181 Å². The highest BCUT2D eigenvalue weighted by Crippen LogP contribution is 2.44. The first kappa shape index (κ1) is 20.1. The standard InChI is InChI=1S/C22H14Cl2FN3O2/c1-13(29)28(19-5-3-2-4-17(19)24)22-20(14-8-10-26-11-9-14)21(27-30-22)16-7-6-15(23)12-18(16)25/h2-12H,1H3. The van der Waals surface area contributed by atoms with Gasteiger partial charge >= 0.3 is 0 Å². The molecular formula is C22H14Cl2FN3O2. The average Bonchev–Trinajstić information content (AvgIpc) is 3.14. The molecule has 2 aromatic carbocycles. The van der Waals surface area contributed by atoms with E-state index in [0.29, 0.717) is 21.8 Å². The van der Waals surface area contributed by atoms with Gasteiger partial charge in [-0.15, -0.1) is 0 Å². The number of hydrogen-bond acceptors (Lipinski definition) is 4. The molecular weight excluding hydrogens is 428 g/mol. The summed E-state index contributed by atoms with van der Waals surface area (Å²) >= 11 is 12.2. The molecule has 0 radical (unpaired) electrons. The van der Waals surface area contributed by atoms with Crippen LogP contribution in [0, 0.1) is 5.82 Å². The number of anilines is 2. The Bertz CT molecular complexity index is 1230. The van der Waals surface area contributed by atoms with E-state index in [4.69, 9.17) is 27.7 Å². The number of para-hydroxylation sites is 1. The van der Waals surface area contributed by atoms with Crippen LogP contribution in [0.3, 0.4) is 0 Å². The van der Waals surface area contributed by atoms with Crippen LogP contribution in [0.1, 0.15) is 6.92 Å². The summed E-state index contributed by atoms with van der Waals surface area (Å²) < 4.78 is 20.3. The van der Waals surface area contributed by atoms with Gasteiger partial charge in [0.1, 0.15) is 11.5 Å². The van der Waals surface area contributed by atoms with E-state index in [1.807, 2.05) is 0 Å². The van der Waals surface area contributed by atoms with Gasteiger partial charge < -0.3 is 4.52 Å². The van der Waals surface area contributed by atoms with Crippen LogP contribution < -0.4 is 4.90 Å². The Morgan fingerprint density at radius 1 is 1.07 bits per heavy atom. The molecule has 30 heavy (non-hydrogen) atoms. The third-order valence-electron chi connectivity index (χ3n) is 4.44. The molecule has 0 fully saturated rings. The topological polar surface area (TPSA) is 59.2 Å². The predicted molar refractivity (Wildman–Crippen MR) is 114 cm³/mol. The summed E-state index contributed by atoms with van der Waals surface area (Å²) in [4.78, 5) is 17.9. The van der Waals surface area contributed by atoms with Crippen molar-refractivity contribution < 1.29 is 13.7 Å². The minimum absolute atomic E-state index is 0.117. The van der Waals surface area contributed by atoms with E-state index in [1.54, 1.807) is 54.9 Å². The monoisotopic (exact) mass is 441 g/mol. The number of benzene rings is 2. The second kappa shape index (κ2) is 8.26. The third kappa shape index (κ3) is 3.67. The summed E-state index contributed by atoms with van der Waals surface area (Å²) in [5, 5.41) is 4.70. The van der Waals surface area contributed by atoms with E-state index in [2.05, 4.69) is 10.1 Å². The number of nitrogens with zero attached hydrogens (tertiary/aromatic N) is 3. The smallest absolute Gasteiger partial charge is 0.247 e. The minimum Gasteiger partial charge on any atom is -0.336 e. The maximum Gasteiger partial charge on any atom is 0.247 e. The molecule has 0 spiro atoms. The zero-order chi connectivity index (χ0) is 21.3. The highest BCUT2D eigenvalue weighted by atomic mass is 35.5. The summed E-state index contributed by atoms with van der Waals surface area (Å²) in [6, 6.07) is 14.6. The zero-order valence-electron chi connectivity index (χ0n) is 15.6. The number of aromatic nitrogens is 2. The lowest BCUT2D eigenvalue weighted by Crippen LogP contribution is -2.23. The second-order valence-corrected chi connectivity index (χ2v) is 7.22. The molecule has 0 aliphatic rings. The molecule has 0 aliphatic carbocycles. The Morgan fingerprint density at radius 3 is 2.47 bits per heavy atom. The van der Waals surface area contributed by atoms with Crippen LogP contribution >= 0.6 is 23.2 Å². The van der Waals surface area contributed by atoms with Gasteiger partial charge in [-0.25, -0.2) is 9.29 Å². The van der Waals surface area contributed by atoms with Crippen molar-refractivity contribution in [2.24, 2.45) is 0 Å². The summed E-state index contributed by atoms with van der Waals surface area (Å²) in [6.07, 6.45) is 3.17. The quantitative estimate of drug-likeness (QED) is 0.360. The molecule has 0 unspecified atom stereocenters. The van der Waals surface area contributed by atoms with E-state index < -0.39 is 5.82 Å². The molecule has 4 aromatic rings. The number of amides is 1. The van der Waals surface area contributed by atoms with E-state index in [9.17, 15) is 9.18 Å². The summed E-state index contributed by atoms with van der Waals surface area (Å²) in [5.41, 5.74) is 1.89. The number of carbonyl (C=O) groups is 1. The molecule has 5 nitrogen and oxygen atoms in total. The summed E-state index contributed by atoms with van der Waals surface area (Å²) in [6.45, 7) is 1.38. The number of halogens is 3. The van der Waals surface area contributed by atoms with Crippen LogP contribution in [-0.2, 0) is 4.79 Å². The van der Waals surface area contributed by atoms with Gasteiger partial charge in [-0.3, -0.25) is 9.78 Å². The first-order valence-electron chi connectivity index (χ1n) is 8.88. The Balaban J connectivity index is 2.00. The van der Waals surface area contributed by atoms with E-state index in [-0.39, 0.29) is 28.1 Å². The van der Waals surface area contributed by atoms with Crippen LogP contribution in [0.5, 0.6) is 0 Å². The average molecular weight is 442 g/mol. The van der Waals surface area contributed by atoms with Gasteiger partial charge in [-0.2, -0.15) is 0 Å². The van der Waals surface area contributed by atoms with Gasteiger partial charge in [0.2, 0.25) is 11.8 Å². The van der Waals surface area contributed by atoms with Crippen LogP contribution in [-0.4, -0.2) is 16.0 Å². The molecule has 2 aromatic heterocycles. The van der Waals surface area contributed by atoms with E-state index in [0.717, 1.165) is 0 Å². The SMILES string of the molecule is CC(=O)N(c1ccccc1Cl)c1onc(-c2ccc(Cl)cc2F)c1-c1ccncc1. The number of rotatable bonds is 4. The van der Waals surface area contributed by atoms with Gasteiger partial charge in [-0.05, 0) is 48.0 Å². The summed E-state index contributed by atoms with van der Waals surface area (Å²) in [7, 11) is 0. The van der Waals surface area contributed by atoms with Gasteiger partial charge in [0.25, 0.3) is 0 Å². The van der Waals surface area contributed by atoms with Crippen molar-refractivity contribution in [2.45, 2.75) is 6.92 Å². The number of carbonyl (C=O) groups excluding carboxylic acids is 1. The Hall–Kier alpha value is -3.22. The van der Waals surface area contributed by atoms with Gasteiger partial charge in [-0.1, -0.05) is 40.5 Å². The molecule has 0 atom stereocenters. The van der Waals surface area contributed by atoms with Crippen molar-refractivity contribution in [1.82, 2.24) is 10.1 Å². The van der Waals surface area contributed by atoms with Crippen molar-refractivity contribution in [2.75, 3.05) is 4.90 Å². The van der Waals surface area contributed by atoms with Crippen molar-refractivity contribution in [3.63, 3.8) is 0 Å². The van der Waals surface area contributed by atoms with E-state index in [1.165, 1.54) is 24.0 Å². The molecule has 4 rings (SSSR count). The van der Waals surface area contributed by atoms with Crippen molar-refractivity contribution in [3.8, 4) is 22.4 Å². The molecule has 1 amide bonds. The largest absolute Gasteiger partial charge is 0.336 e. The highest BCUT2D eigenvalue weighted by Gasteiger charge is 2.29. The lowest BCUT2D eigenvalue weighted by atomic mass is 10.0. The molecule has 2 heterocycles. The van der Waals surface area contributed by atoms with Crippen LogP contribution in [0.25, 0.3) is 22.4 Å². The second-order valence-electron chi connectivity index (χ2n) is 6.38. The van der Waals surface area contributed by atoms with Crippen LogP contribution in [0.4, 0.5) is 16.0 Å². The zero-order valence-corrected chi connectivity index (χ0v) is 17.2. The van der Waals surface area contributed by atoms with Crippen molar-refractivity contribution >= 4 is 40.7 Å². The molecule has 0 saturated heterocycles. The van der Waals surface area contributed by atoms with Crippen LogP contribution in [0.2, 0.25) is 10.0 Å². The fourth-order valence-corrected chi connectivity index (χ4v) is 3.51.